The zero-order chi connectivity index (χ0) is 27.4. The van der Waals surface area contributed by atoms with Gasteiger partial charge in [0.05, 0.1) is 17.5 Å². The Balaban J connectivity index is 1.87. The highest BCUT2D eigenvalue weighted by Crippen LogP contribution is 2.30. The molecule has 2 heterocycles. The Morgan fingerprint density at radius 3 is 2.39 bits per heavy atom. The number of hydrogen-bond acceptors (Lipinski definition) is 7. The molecule has 0 radical (unpaired) electrons. The predicted molar refractivity (Wildman–Crippen MR) is 140 cm³/mol. The van der Waals surface area contributed by atoms with Crippen molar-refractivity contribution >= 4 is 9.84 Å². The second-order valence-corrected chi connectivity index (χ2v) is 10.7. The smallest absolute Gasteiger partial charge is 0.277 e. The van der Waals surface area contributed by atoms with Gasteiger partial charge in [-0.05, 0) is 48.2 Å². The van der Waals surface area contributed by atoms with Gasteiger partial charge in [0.2, 0.25) is 21.7 Å². The van der Waals surface area contributed by atoms with Crippen LogP contribution in [0.25, 0.3) is 11.1 Å². The topological polar surface area (TPSA) is 111 Å². The fourth-order valence-corrected chi connectivity index (χ4v) is 5.76. The van der Waals surface area contributed by atoms with Gasteiger partial charge in [-0.1, -0.05) is 49.4 Å². The van der Waals surface area contributed by atoms with Crippen LogP contribution in [0.3, 0.4) is 0 Å². The van der Waals surface area contributed by atoms with E-state index in [0.29, 0.717) is 29.5 Å². The molecule has 38 heavy (non-hydrogen) atoms. The quantitative estimate of drug-likeness (QED) is 0.313. The van der Waals surface area contributed by atoms with Crippen LogP contribution in [-0.2, 0) is 21.0 Å². The zero-order valence-electron chi connectivity index (χ0n) is 21.3. The summed E-state index contributed by atoms with van der Waals surface area (Å²) in [5.41, 5.74) is 1.30. The summed E-state index contributed by atoms with van der Waals surface area (Å²) in [5.74, 6) is -1.22. The molecule has 4 rings (SSSR count). The molecule has 198 valence electrons. The summed E-state index contributed by atoms with van der Waals surface area (Å²) in [7, 11) is -2.99. The first-order valence-electron chi connectivity index (χ1n) is 12.1. The molecule has 0 aliphatic rings. The third kappa shape index (κ3) is 5.09. The number of rotatable bonds is 9. The molecule has 0 saturated heterocycles. The fraction of sp³-hybridized carbons (Fsp3) is 0.250. The van der Waals surface area contributed by atoms with Crippen molar-refractivity contribution in [3.8, 4) is 17.0 Å². The van der Waals surface area contributed by atoms with Crippen LogP contribution >= 0.6 is 0 Å². The molecule has 10 heteroatoms. The van der Waals surface area contributed by atoms with Crippen molar-refractivity contribution in [2.24, 2.45) is 0 Å². The first-order chi connectivity index (χ1) is 18.2. The Morgan fingerprint density at radius 1 is 1.08 bits per heavy atom. The number of halogens is 1. The Kier molecular flexibility index (Phi) is 8.03. The van der Waals surface area contributed by atoms with E-state index in [1.807, 2.05) is 37.3 Å². The molecule has 1 N–H and O–H groups in total. The Bertz CT molecular complexity index is 1600. The minimum Gasteiger partial charge on any atom is -0.492 e. The van der Waals surface area contributed by atoms with Gasteiger partial charge < -0.3 is 9.84 Å². The monoisotopic (exact) mass is 537 g/mol. The molecule has 2 aromatic carbocycles. The number of benzene rings is 2. The molecule has 0 spiro atoms. The van der Waals surface area contributed by atoms with Crippen molar-refractivity contribution in [2.45, 2.75) is 42.5 Å². The Labute approximate surface area is 220 Å². The van der Waals surface area contributed by atoms with Crippen molar-refractivity contribution in [2.75, 3.05) is 13.7 Å². The van der Waals surface area contributed by atoms with Crippen LogP contribution in [-0.4, -0.2) is 41.8 Å². The van der Waals surface area contributed by atoms with Gasteiger partial charge in [0.15, 0.2) is 4.90 Å². The molecule has 1 atom stereocenters. The lowest BCUT2D eigenvalue weighted by Crippen LogP contribution is -2.35. The number of aryl methyl sites for hydroxylation is 1. The summed E-state index contributed by atoms with van der Waals surface area (Å²) in [4.78, 5) is 20.6. The molecule has 0 bridgehead atoms. The van der Waals surface area contributed by atoms with Crippen LogP contribution in [0.2, 0.25) is 0 Å². The largest absolute Gasteiger partial charge is 0.492 e. The van der Waals surface area contributed by atoms with Crippen LogP contribution in [0.1, 0.15) is 36.3 Å². The molecule has 8 nitrogen and oxygen atoms in total. The van der Waals surface area contributed by atoms with E-state index in [1.165, 1.54) is 42.1 Å². The minimum absolute atomic E-state index is 0.0864. The van der Waals surface area contributed by atoms with E-state index in [1.54, 1.807) is 13.0 Å². The first-order valence-corrected chi connectivity index (χ1v) is 13.5. The van der Waals surface area contributed by atoms with E-state index < -0.39 is 38.2 Å². The second-order valence-electron chi connectivity index (χ2n) is 8.79. The average molecular weight is 538 g/mol. The Hall–Kier alpha value is -3.89. The lowest BCUT2D eigenvalue weighted by molar-refractivity contribution is 0.165. The van der Waals surface area contributed by atoms with Gasteiger partial charge in [0, 0.05) is 25.3 Å². The summed E-state index contributed by atoms with van der Waals surface area (Å²) < 4.78 is 47.9. The second kappa shape index (κ2) is 11.2. The minimum atomic E-state index is -4.48. The predicted octanol–water partition coefficient (Wildman–Crippen LogP) is 4.48. The molecule has 0 saturated carbocycles. The summed E-state index contributed by atoms with van der Waals surface area (Å²) in [6.07, 6.45) is 2.28. The number of sulfone groups is 1. The van der Waals surface area contributed by atoms with Crippen molar-refractivity contribution < 1.29 is 22.7 Å². The number of ether oxygens (including phenoxy) is 1. The van der Waals surface area contributed by atoms with E-state index >= 15 is 0 Å². The standard InChI is InChI=1S/C28H28FN3O5S/c1-4-8-24-31-27(33)25(28(34)32(24)23(17-37-3)20-9-6-5-7-10-20)38(35,36)21-13-11-19(12-14-21)22-15-16-30-26(29)18(22)2/h5-7,9-16,23,33H,4,8,17H2,1-3H3. The van der Waals surface area contributed by atoms with Crippen LogP contribution in [0.4, 0.5) is 4.39 Å². The number of nitrogens with zero attached hydrogens (tertiary/aromatic N) is 3. The highest BCUT2D eigenvalue weighted by Gasteiger charge is 2.32. The fourth-order valence-electron chi connectivity index (χ4n) is 4.41. The van der Waals surface area contributed by atoms with E-state index in [4.69, 9.17) is 4.74 Å². The van der Waals surface area contributed by atoms with Crippen LogP contribution in [0.5, 0.6) is 5.88 Å². The van der Waals surface area contributed by atoms with E-state index in [2.05, 4.69) is 9.97 Å². The van der Waals surface area contributed by atoms with Crippen LogP contribution in [0.15, 0.2) is 81.4 Å². The van der Waals surface area contributed by atoms with Gasteiger partial charge in [-0.2, -0.15) is 9.37 Å². The summed E-state index contributed by atoms with van der Waals surface area (Å²) in [6.45, 7) is 3.56. The Morgan fingerprint density at radius 2 is 1.76 bits per heavy atom. The SMILES string of the molecule is CCCc1nc(O)c(S(=O)(=O)c2ccc(-c3ccnc(F)c3C)cc2)c(=O)n1C(COC)c1ccccc1. The maximum absolute atomic E-state index is 13.9. The molecule has 1 unspecified atom stereocenters. The molecule has 0 amide bonds. The van der Waals surface area contributed by atoms with Crippen molar-refractivity contribution in [1.29, 1.82) is 0 Å². The maximum atomic E-state index is 13.9. The van der Waals surface area contributed by atoms with Gasteiger partial charge in [0.25, 0.3) is 5.56 Å². The molecular formula is C28H28FN3O5S. The zero-order valence-corrected chi connectivity index (χ0v) is 22.1. The molecule has 4 aromatic rings. The molecule has 0 aliphatic carbocycles. The third-order valence-corrected chi connectivity index (χ3v) is 8.10. The molecule has 0 aliphatic heterocycles. The lowest BCUT2D eigenvalue weighted by atomic mass is 10.0. The van der Waals surface area contributed by atoms with Gasteiger partial charge in [-0.3, -0.25) is 9.36 Å². The first kappa shape index (κ1) is 27.2. The van der Waals surface area contributed by atoms with Gasteiger partial charge in [0.1, 0.15) is 5.82 Å². The van der Waals surface area contributed by atoms with Crippen molar-refractivity contribution in [3.05, 3.63) is 100 Å². The average Bonchev–Trinajstić information content (AvgIpc) is 2.90. The van der Waals surface area contributed by atoms with Gasteiger partial charge >= 0.3 is 0 Å². The molecular weight excluding hydrogens is 509 g/mol. The highest BCUT2D eigenvalue weighted by atomic mass is 32.2. The molecule has 2 aromatic heterocycles. The van der Waals surface area contributed by atoms with Gasteiger partial charge in [-0.25, -0.2) is 13.4 Å². The summed E-state index contributed by atoms with van der Waals surface area (Å²) in [5, 5.41) is 10.7. The van der Waals surface area contributed by atoms with E-state index in [0.717, 1.165) is 5.56 Å². The highest BCUT2D eigenvalue weighted by molar-refractivity contribution is 7.91. The van der Waals surface area contributed by atoms with Crippen molar-refractivity contribution in [3.63, 3.8) is 0 Å². The number of pyridine rings is 1. The normalized spacial score (nSPS) is 12.4. The van der Waals surface area contributed by atoms with E-state index in [-0.39, 0.29) is 17.3 Å². The number of aromatic nitrogens is 3. The number of methoxy groups -OCH3 is 1. The number of hydrogen-bond donors (Lipinski definition) is 1. The van der Waals surface area contributed by atoms with Crippen LogP contribution < -0.4 is 5.56 Å². The van der Waals surface area contributed by atoms with Crippen molar-refractivity contribution in [1.82, 2.24) is 14.5 Å². The lowest BCUT2D eigenvalue weighted by Gasteiger charge is -2.23. The van der Waals surface area contributed by atoms with E-state index in [9.17, 15) is 22.7 Å². The summed E-state index contributed by atoms with van der Waals surface area (Å²) in [6, 6.07) is 15.7. The third-order valence-electron chi connectivity index (χ3n) is 6.31. The molecule has 0 fully saturated rings. The maximum Gasteiger partial charge on any atom is 0.277 e. The number of aromatic hydroxyl groups is 1. The van der Waals surface area contributed by atoms with Crippen LogP contribution in [0, 0.1) is 12.9 Å². The van der Waals surface area contributed by atoms with Gasteiger partial charge in [-0.15, -0.1) is 0 Å². The summed E-state index contributed by atoms with van der Waals surface area (Å²) >= 11 is 0.